The van der Waals surface area contributed by atoms with Gasteiger partial charge in [0.15, 0.2) is 0 Å². The molecule has 0 spiro atoms. The molecule has 2 saturated carbocycles. The molecule has 0 aromatic heterocycles. The largest absolute Gasteiger partial charge is 0.391 e. The molecule has 2 fully saturated rings. The smallest absolute Gasteiger partial charge is 0.0698 e. The lowest BCUT2D eigenvalue weighted by molar-refractivity contribution is -0.0157. The fourth-order valence-corrected chi connectivity index (χ4v) is 3.39. The molecule has 0 saturated heterocycles. The Morgan fingerprint density at radius 3 is 2.14 bits per heavy atom. The van der Waals surface area contributed by atoms with Crippen molar-refractivity contribution >= 4 is 0 Å². The summed E-state index contributed by atoms with van der Waals surface area (Å²) in [6.07, 6.45) is 7.76. The van der Waals surface area contributed by atoms with Gasteiger partial charge in [-0.05, 0) is 38.8 Å². The Morgan fingerprint density at radius 2 is 1.57 bits per heavy atom. The second kappa shape index (κ2) is 4.19. The average Bonchev–Trinajstić information content (AvgIpc) is 2.16. The Labute approximate surface area is 87.3 Å². The minimum absolute atomic E-state index is 0.0793. The summed E-state index contributed by atoms with van der Waals surface area (Å²) in [6.45, 7) is 0. The van der Waals surface area contributed by atoms with E-state index in [1.54, 1.807) is 0 Å². The van der Waals surface area contributed by atoms with Crippen LogP contribution in [0.15, 0.2) is 0 Å². The number of nitrogens with zero attached hydrogens (tertiary/aromatic N) is 1. The summed E-state index contributed by atoms with van der Waals surface area (Å²) in [5, 5.41) is 10.0. The summed E-state index contributed by atoms with van der Waals surface area (Å²) in [5.74, 6) is 1.73. The van der Waals surface area contributed by atoms with Crippen molar-refractivity contribution < 1.29 is 5.11 Å². The van der Waals surface area contributed by atoms with E-state index in [1.165, 1.54) is 32.1 Å². The van der Waals surface area contributed by atoms with E-state index in [-0.39, 0.29) is 6.10 Å². The van der Waals surface area contributed by atoms with Crippen LogP contribution in [0.2, 0.25) is 0 Å². The summed E-state index contributed by atoms with van der Waals surface area (Å²) in [7, 11) is 4.19. The van der Waals surface area contributed by atoms with E-state index >= 15 is 0 Å². The highest BCUT2D eigenvalue weighted by Gasteiger charge is 2.37. The lowest BCUT2D eigenvalue weighted by atomic mass is 9.68. The molecule has 1 N–H and O–H groups in total. The second-order valence-corrected chi connectivity index (χ2v) is 5.37. The first-order valence-electron chi connectivity index (χ1n) is 6.03. The van der Waals surface area contributed by atoms with Crippen LogP contribution in [0.25, 0.3) is 0 Å². The Hall–Kier alpha value is -0.0800. The standard InChI is InChI=1S/C12H23NO/c1-13(2)11-7-9-5-3-4-6-10(9)8-12(11)14/h9-12,14H,3-8H2,1-2H3. The third-order valence-corrected chi connectivity index (χ3v) is 4.26. The number of fused-ring (bicyclic) bond motifs is 1. The molecule has 0 bridgehead atoms. The Morgan fingerprint density at radius 1 is 1.00 bits per heavy atom. The van der Waals surface area contributed by atoms with Crippen molar-refractivity contribution in [2.75, 3.05) is 14.1 Å². The molecule has 0 aliphatic heterocycles. The quantitative estimate of drug-likeness (QED) is 0.694. The minimum atomic E-state index is -0.0793. The zero-order valence-corrected chi connectivity index (χ0v) is 9.45. The van der Waals surface area contributed by atoms with Crippen LogP contribution in [-0.2, 0) is 0 Å². The third-order valence-electron chi connectivity index (χ3n) is 4.26. The van der Waals surface area contributed by atoms with Crippen molar-refractivity contribution in [3.8, 4) is 0 Å². The molecule has 0 aromatic carbocycles. The maximum atomic E-state index is 10.0. The summed E-state index contributed by atoms with van der Waals surface area (Å²) >= 11 is 0. The highest BCUT2D eigenvalue weighted by atomic mass is 16.3. The first kappa shape index (κ1) is 10.4. The number of rotatable bonds is 1. The molecule has 2 heteroatoms. The molecule has 4 atom stereocenters. The predicted molar refractivity (Wildman–Crippen MR) is 58.2 cm³/mol. The van der Waals surface area contributed by atoms with Gasteiger partial charge in [-0.15, -0.1) is 0 Å². The van der Waals surface area contributed by atoms with Gasteiger partial charge in [-0.25, -0.2) is 0 Å². The summed E-state index contributed by atoms with van der Waals surface area (Å²) in [6, 6.07) is 0.411. The number of hydrogen-bond donors (Lipinski definition) is 1. The Balaban J connectivity index is 1.99. The first-order chi connectivity index (χ1) is 6.68. The van der Waals surface area contributed by atoms with Crippen LogP contribution in [0.5, 0.6) is 0 Å². The zero-order chi connectivity index (χ0) is 10.1. The molecule has 2 rings (SSSR count). The molecule has 0 aromatic rings. The van der Waals surface area contributed by atoms with Crippen LogP contribution in [0.1, 0.15) is 38.5 Å². The molecule has 0 radical (unpaired) electrons. The van der Waals surface area contributed by atoms with E-state index in [4.69, 9.17) is 0 Å². The van der Waals surface area contributed by atoms with E-state index in [9.17, 15) is 5.11 Å². The van der Waals surface area contributed by atoms with Crippen molar-refractivity contribution in [3.05, 3.63) is 0 Å². The van der Waals surface area contributed by atoms with Gasteiger partial charge >= 0.3 is 0 Å². The van der Waals surface area contributed by atoms with Crippen molar-refractivity contribution in [3.63, 3.8) is 0 Å². The molecule has 4 unspecified atom stereocenters. The van der Waals surface area contributed by atoms with Gasteiger partial charge in [0, 0.05) is 6.04 Å². The van der Waals surface area contributed by atoms with Crippen LogP contribution in [0.3, 0.4) is 0 Å². The molecule has 2 aliphatic carbocycles. The summed E-state index contributed by atoms with van der Waals surface area (Å²) in [4.78, 5) is 2.20. The molecule has 0 amide bonds. The monoisotopic (exact) mass is 197 g/mol. The van der Waals surface area contributed by atoms with Crippen LogP contribution >= 0.6 is 0 Å². The third kappa shape index (κ3) is 1.96. The van der Waals surface area contributed by atoms with Gasteiger partial charge in [0.2, 0.25) is 0 Å². The normalized spacial score (nSPS) is 43.7. The van der Waals surface area contributed by atoms with Gasteiger partial charge in [-0.3, -0.25) is 0 Å². The van der Waals surface area contributed by atoms with Gasteiger partial charge in [0.1, 0.15) is 0 Å². The van der Waals surface area contributed by atoms with Crippen molar-refractivity contribution in [1.29, 1.82) is 0 Å². The summed E-state index contributed by atoms with van der Waals surface area (Å²) in [5.41, 5.74) is 0. The minimum Gasteiger partial charge on any atom is -0.391 e. The lowest BCUT2D eigenvalue weighted by Crippen LogP contribution is -2.47. The SMILES string of the molecule is CN(C)C1CC2CCCCC2CC1O. The van der Waals surface area contributed by atoms with E-state index in [0.717, 1.165) is 18.3 Å². The van der Waals surface area contributed by atoms with E-state index in [1.807, 2.05) is 0 Å². The van der Waals surface area contributed by atoms with Gasteiger partial charge < -0.3 is 10.0 Å². The van der Waals surface area contributed by atoms with Crippen molar-refractivity contribution in [2.45, 2.75) is 50.7 Å². The molecule has 14 heavy (non-hydrogen) atoms. The van der Waals surface area contributed by atoms with Crippen molar-refractivity contribution in [1.82, 2.24) is 4.90 Å². The molecule has 2 aliphatic rings. The van der Waals surface area contributed by atoms with Gasteiger partial charge in [-0.1, -0.05) is 25.7 Å². The molecular formula is C12H23NO. The van der Waals surface area contributed by atoms with Crippen LogP contribution in [0, 0.1) is 11.8 Å². The molecule has 2 nitrogen and oxygen atoms in total. The van der Waals surface area contributed by atoms with E-state index < -0.39 is 0 Å². The van der Waals surface area contributed by atoms with Crippen LogP contribution < -0.4 is 0 Å². The highest BCUT2D eigenvalue weighted by molar-refractivity contribution is 4.91. The zero-order valence-electron chi connectivity index (χ0n) is 9.45. The fraction of sp³-hybridized carbons (Fsp3) is 1.00. The lowest BCUT2D eigenvalue weighted by Gasteiger charge is -2.44. The van der Waals surface area contributed by atoms with E-state index in [2.05, 4.69) is 19.0 Å². The van der Waals surface area contributed by atoms with Crippen LogP contribution in [-0.4, -0.2) is 36.2 Å². The number of likely N-dealkylation sites (N-methyl/N-ethyl adjacent to an activating group) is 1. The predicted octanol–water partition coefficient (Wildman–Crippen LogP) is 1.88. The topological polar surface area (TPSA) is 23.5 Å². The van der Waals surface area contributed by atoms with Gasteiger partial charge in [0.25, 0.3) is 0 Å². The van der Waals surface area contributed by atoms with Crippen molar-refractivity contribution in [2.24, 2.45) is 11.8 Å². The highest BCUT2D eigenvalue weighted by Crippen LogP contribution is 2.41. The number of hydrogen-bond acceptors (Lipinski definition) is 2. The molecular weight excluding hydrogens is 174 g/mol. The fourth-order valence-electron chi connectivity index (χ4n) is 3.39. The number of aliphatic hydroxyl groups is 1. The number of aliphatic hydroxyl groups excluding tert-OH is 1. The van der Waals surface area contributed by atoms with E-state index in [0.29, 0.717) is 6.04 Å². The molecule has 0 heterocycles. The van der Waals surface area contributed by atoms with Crippen LogP contribution in [0.4, 0.5) is 0 Å². The van der Waals surface area contributed by atoms with Gasteiger partial charge in [0.05, 0.1) is 6.10 Å². The summed E-state index contributed by atoms with van der Waals surface area (Å²) < 4.78 is 0. The average molecular weight is 197 g/mol. The maximum Gasteiger partial charge on any atom is 0.0698 e. The first-order valence-corrected chi connectivity index (χ1v) is 6.03. The Bertz CT molecular complexity index is 193. The maximum absolute atomic E-state index is 10.0. The second-order valence-electron chi connectivity index (χ2n) is 5.37. The molecule has 82 valence electrons. The van der Waals surface area contributed by atoms with Gasteiger partial charge in [-0.2, -0.15) is 0 Å². The Kier molecular flexibility index (Phi) is 3.13.